The monoisotopic (exact) mass is 306 g/mol. The molecule has 8 nitrogen and oxygen atoms in total. The molecule has 0 radical (unpaired) electrons. The maximum absolute atomic E-state index is 12.2. The Labute approximate surface area is 127 Å². The smallest absolute Gasteiger partial charge is 0.329 e. The van der Waals surface area contributed by atoms with Crippen LogP contribution in [0.15, 0.2) is 18.9 Å². The fourth-order valence-corrected chi connectivity index (χ4v) is 2.11. The van der Waals surface area contributed by atoms with E-state index in [1.165, 1.54) is 12.7 Å². The van der Waals surface area contributed by atoms with Crippen molar-refractivity contribution in [3.05, 3.63) is 18.9 Å². The molecule has 0 aliphatic rings. The van der Waals surface area contributed by atoms with Crippen molar-refractivity contribution in [3.63, 3.8) is 0 Å². The maximum atomic E-state index is 12.2. The molecule has 0 aliphatic carbocycles. The van der Waals surface area contributed by atoms with Crippen molar-refractivity contribution in [1.82, 2.24) is 19.5 Å². The fourth-order valence-electron chi connectivity index (χ4n) is 2.11. The SMILES string of the molecule is CCOC(=O)CCC(C(=O)OCC)n1cnc2cncnc21. The van der Waals surface area contributed by atoms with Crippen molar-refractivity contribution in [2.24, 2.45) is 0 Å². The van der Waals surface area contributed by atoms with Gasteiger partial charge in [-0.15, -0.1) is 0 Å². The molecule has 2 aromatic heterocycles. The lowest BCUT2D eigenvalue weighted by atomic mass is 10.1. The zero-order valence-corrected chi connectivity index (χ0v) is 12.6. The summed E-state index contributed by atoms with van der Waals surface area (Å²) in [5.41, 5.74) is 1.10. The summed E-state index contributed by atoms with van der Waals surface area (Å²) in [5, 5.41) is 0. The van der Waals surface area contributed by atoms with Gasteiger partial charge in [0, 0.05) is 6.42 Å². The van der Waals surface area contributed by atoms with Gasteiger partial charge in [0.1, 0.15) is 17.9 Å². The van der Waals surface area contributed by atoms with Crippen molar-refractivity contribution in [2.45, 2.75) is 32.7 Å². The standard InChI is InChI=1S/C14H18N4O4/c1-3-21-12(19)6-5-11(14(20)22-4-2)18-9-17-10-7-15-8-16-13(10)18/h7-9,11H,3-6H2,1-2H3. The number of imidazole rings is 1. The lowest BCUT2D eigenvalue weighted by molar-refractivity contribution is -0.148. The predicted molar refractivity (Wildman–Crippen MR) is 76.9 cm³/mol. The molecule has 118 valence electrons. The first kappa shape index (κ1) is 15.9. The van der Waals surface area contributed by atoms with Gasteiger partial charge in [-0.25, -0.2) is 19.7 Å². The Morgan fingerprint density at radius 1 is 1.23 bits per heavy atom. The summed E-state index contributed by atoms with van der Waals surface area (Å²) in [4.78, 5) is 35.9. The molecule has 2 heterocycles. The van der Waals surface area contributed by atoms with Gasteiger partial charge in [0.15, 0.2) is 5.65 Å². The summed E-state index contributed by atoms with van der Waals surface area (Å²) >= 11 is 0. The molecule has 0 fully saturated rings. The molecule has 0 bridgehead atoms. The summed E-state index contributed by atoms with van der Waals surface area (Å²) in [6.07, 6.45) is 4.82. The van der Waals surface area contributed by atoms with Gasteiger partial charge in [-0.05, 0) is 20.3 Å². The molecule has 0 spiro atoms. The Morgan fingerprint density at radius 2 is 2.00 bits per heavy atom. The van der Waals surface area contributed by atoms with E-state index in [2.05, 4.69) is 15.0 Å². The summed E-state index contributed by atoms with van der Waals surface area (Å²) in [5.74, 6) is -0.777. The van der Waals surface area contributed by atoms with E-state index in [1.807, 2.05) is 0 Å². The van der Waals surface area contributed by atoms with Gasteiger partial charge in [-0.2, -0.15) is 0 Å². The van der Waals surface area contributed by atoms with Gasteiger partial charge in [0.05, 0.1) is 25.7 Å². The first-order chi connectivity index (χ1) is 10.7. The summed E-state index contributed by atoms with van der Waals surface area (Å²) in [6, 6.07) is -0.677. The van der Waals surface area contributed by atoms with Crippen molar-refractivity contribution in [1.29, 1.82) is 0 Å². The Kier molecular flexibility index (Phi) is 5.40. The third kappa shape index (κ3) is 3.57. The van der Waals surface area contributed by atoms with Crippen molar-refractivity contribution in [3.8, 4) is 0 Å². The van der Waals surface area contributed by atoms with Gasteiger partial charge in [0.25, 0.3) is 0 Å². The van der Waals surface area contributed by atoms with Crippen LogP contribution in [0.25, 0.3) is 11.2 Å². The van der Waals surface area contributed by atoms with Crippen LogP contribution >= 0.6 is 0 Å². The Hall–Kier alpha value is -2.51. The molecule has 8 heteroatoms. The van der Waals surface area contributed by atoms with Gasteiger partial charge in [-0.1, -0.05) is 0 Å². The van der Waals surface area contributed by atoms with Crippen LogP contribution in [0.3, 0.4) is 0 Å². The van der Waals surface area contributed by atoms with Crippen LogP contribution in [-0.4, -0.2) is 44.7 Å². The van der Waals surface area contributed by atoms with E-state index >= 15 is 0 Å². The highest BCUT2D eigenvalue weighted by atomic mass is 16.5. The Balaban J connectivity index is 2.24. The van der Waals surface area contributed by atoms with E-state index in [1.54, 1.807) is 24.6 Å². The molecule has 0 aliphatic heterocycles. The lowest BCUT2D eigenvalue weighted by Crippen LogP contribution is -2.23. The molecule has 2 aromatic rings. The quantitative estimate of drug-likeness (QED) is 0.711. The Bertz CT molecular complexity index is 655. The molecule has 0 amide bonds. The second-order valence-corrected chi connectivity index (χ2v) is 4.49. The van der Waals surface area contributed by atoms with Gasteiger partial charge >= 0.3 is 11.9 Å². The molecule has 2 rings (SSSR count). The highest BCUT2D eigenvalue weighted by Crippen LogP contribution is 2.21. The summed E-state index contributed by atoms with van der Waals surface area (Å²) < 4.78 is 11.6. The average molecular weight is 306 g/mol. The number of fused-ring (bicyclic) bond motifs is 1. The van der Waals surface area contributed by atoms with E-state index in [4.69, 9.17) is 9.47 Å². The molecule has 0 aromatic carbocycles. The fraction of sp³-hybridized carbons (Fsp3) is 0.500. The maximum Gasteiger partial charge on any atom is 0.329 e. The van der Waals surface area contributed by atoms with Crippen molar-refractivity contribution in [2.75, 3.05) is 13.2 Å². The van der Waals surface area contributed by atoms with Crippen LogP contribution in [0.5, 0.6) is 0 Å². The topological polar surface area (TPSA) is 96.2 Å². The van der Waals surface area contributed by atoms with Gasteiger partial charge < -0.3 is 14.0 Å². The van der Waals surface area contributed by atoms with E-state index < -0.39 is 12.0 Å². The Morgan fingerprint density at radius 3 is 2.73 bits per heavy atom. The van der Waals surface area contributed by atoms with Crippen molar-refractivity contribution >= 4 is 23.1 Å². The molecule has 1 unspecified atom stereocenters. The first-order valence-corrected chi connectivity index (χ1v) is 7.12. The van der Waals surface area contributed by atoms with E-state index in [0.29, 0.717) is 17.8 Å². The number of hydrogen-bond donors (Lipinski definition) is 0. The third-order valence-electron chi connectivity index (χ3n) is 3.06. The minimum Gasteiger partial charge on any atom is -0.466 e. The third-order valence-corrected chi connectivity index (χ3v) is 3.06. The van der Waals surface area contributed by atoms with Gasteiger partial charge in [0.2, 0.25) is 0 Å². The van der Waals surface area contributed by atoms with Crippen LogP contribution in [0.2, 0.25) is 0 Å². The number of esters is 2. The van der Waals surface area contributed by atoms with E-state index in [-0.39, 0.29) is 25.4 Å². The minimum atomic E-state index is -0.677. The molecule has 0 saturated heterocycles. The van der Waals surface area contributed by atoms with Crippen molar-refractivity contribution < 1.29 is 19.1 Å². The molecular formula is C14H18N4O4. The molecule has 0 saturated carbocycles. The second kappa shape index (κ2) is 7.48. The van der Waals surface area contributed by atoms with Crippen LogP contribution in [0.1, 0.15) is 32.7 Å². The summed E-state index contributed by atoms with van der Waals surface area (Å²) in [6.45, 7) is 4.04. The van der Waals surface area contributed by atoms with Crippen LogP contribution < -0.4 is 0 Å². The molecule has 1 atom stereocenters. The predicted octanol–water partition coefficient (Wildman–Crippen LogP) is 1.27. The lowest BCUT2D eigenvalue weighted by Gasteiger charge is -2.17. The van der Waals surface area contributed by atoms with E-state index in [9.17, 15) is 9.59 Å². The highest BCUT2D eigenvalue weighted by Gasteiger charge is 2.25. The summed E-state index contributed by atoms with van der Waals surface area (Å²) in [7, 11) is 0. The number of nitrogens with zero attached hydrogens (tertiary/aromatic N) is 4. The minimum absolute atomic E-state index is 0.113. The van der Waals surface area contributed by atoms with Crippen LogP contribution in [0, 0.1) is 0 Å². The number of rotatable bonds is 7. The number of hydrogen-bond acceptors (Lipinski definition) is 7. The number of carbonyl (C=O) groups is 2. The highest BCUT2D eigenvalue weighted by molar-refractivity contribution is 5.79. The number of ether oxygens (including phenoxy) is 2. The molecular weight excluding hydrogens is 288 g/mol. The van der Waals surface area contributed by atoms with Gasteiger partial charge in [-0.3, -0.25) is 4.79 Å². The zero-order valence-electron chi connectivity index (χ0n) is 12.6. The zero-order chi connectivity index (χ0) is 15.9. The van der Waals surface area contributed by atoms with Crippen LogP contribution in [0.4, 0.5) is 0 Å². The molecule has 0 N–H and O–H groups in total. The normalized spacial score (nSPS) is 12.1. The number of carbonyl (C=O) groups excluding carboxylic acids is 2. The largest absolute Gasteiger partial charge is 0.466 e. The average Bonchev–Trinajstić information content (AvgIpc) is 2.92. The second-order valence-electron chi connectivity index (χ2n) is 4.49. The van der Waals surface area contributed by atoms with E-state index in [0.717, 1.165) is 0 Å². The number of aromatic nitrogens is 4. The molecule has 22 heavy (non-hydrogen) atoms. The van der Waals surface area contributed by atoms with Crippen LogP contribution in [-0.2, 0) is 19.1 Å². The first-order valence-electron chi connectivity index (χ1n) is 7.12.